The van der Waals surface area contributed by atoms with Crippen molar-refractivity contribution in [2.75, 3.05) is 6.54 Å². The van der Waals surface area contributed by atoms with Crippen LogP contribution in [0.2, 0.25) is 0 Å². The second-order valence-electron chi connectivity index (χ2n) is 6.87. The van der Waals surface area contributed by atoms with Crippen molar-refractivity contribution in [1.29, 1.82) is 0 Å². The molecule has 1 aliphatic heterocycles. The van der Waals surface area contributed by atoms with E-state index in [9.17, 15) is 18.0 Å². The highest BCUT2D eigenvalue weighted by atomic mass is 35.5. The van der Waals surface area contributed by atoms with Gasteiger partial charge in [-0.25, -0.2) is 0 Å². The normalized spacial score (nSPS) is 17.6. The molecule has 1 unspecified atom stereocenters. The number of rotatable bonds is 4. The first-order valence-electron chi connectivity index (χ1n) is 8.68. The summed E-state index contributed by atoms with van der Waals surface area (Å²) in [6.07, 6.45) is -1.85. The van der Waals surface area contributed by atoms with Gasteiger partial charge in [-0.2, -0.15) is 18.3 Å². The predicted molar refractivity (Wildman–Crippen MR) is 95.6 cm³/mol. The number of amides is 1. The van der Waals surface area contributed by atoms with Crippen molar-refractivity contribution in [1.82, 2.24) is 20.8 Å². The molecule has 1 saturated carbocycles. The summed E-state index contributed by atoms with van der Waals surface area (Å²) in [5.74, 6) is -0.184. The Balaban J connectivity index is 0.00000210. The molecule has 3 N–H and O–H groups in total. The van der Waals surface area contributed by atoms with Gasteiger partial charge in [-0.15, -0.1) is 12.4 Å². The summed E-state index contributed by atoms with van der Waals surface area (Å²) in [5, 5.41) is 13.1. The average Bonchev–Trinajstić information content (AvgIpc) is 3.37. The largest absolute Gasteiger partial charge is 0.416 e. The quantitative estimate of drug-likeness (QED) is 0.737. The Morgan fingerprint density at radius 2 is 2.07 bits per heavy atom. The van der Waals surface area contributed by atoms with E-state index in [-0.39, 0.29) is 24.2 Å². The van der Waals surface area contributed by atoms with Crippen molar-refractivity contribution in [2.45, 2.75) is 38.0 Å². The van der Waals surface area contributed by atoms with Crippen molar-refractivity contribution in [2.24, 2.45) is 5.92 Å². The minimum absolute atomic E-state index is 0. The number of halogens is 4. The molecular formula is C18H20ClF3N4O. The van der Waals surface area contributed by atoms with E-state index in [0.29, 0.717) is 17.8 Å². The van der Waals surface area contributed by atoms with E-state index >= 15 is 0 Å². The van der Waals surface area contributed by atoms with E-state index in [1.165, 1.54) is 6.07 Å². The van der Waals surface area contributed by atoms with Crippen LogP contribution in [0, 0.1) is 5.92 Å². The van der Waals surface area contributed by atoms with Gasteiger partial charge in [0.2, 0.25) is 0 Å². The number of alkyl halides is 3. The molecule has 1 atom stereocenters. The SMILES string of the molecule is Cl.O=C(NC(c1cccc(C(F)(F)F)c1)C1CC1)c1n[nH]c2c1CNCC2. The Hall–Kier alpha value is -2.06. The number of aromatic nitrogens is 2. The molecule has 1 aromatic carbocycles. The van der Waals surface area contributed by atoms with Gasteiger partial charge in [-0.3, -0.25) is 9.89 Å². The maximum absolute atomic E-state index is 13.0. The van der Waals surface area contributed by atoms with Gasteiger partial charge >= 0.3 is 6.18 Å². The molecule has 0 spiro atoms. The van der Waals surface area contributed by atoms with Crippen molar-refractivity contribution in [3.05, 3.63) is 52.3 Å². The number of benzene rings is 1. The topological polar surface area (TPSA) is 69.8 Å². The van der Waals surface area contributed by atoms with Crippen LogP contribution in [-0.4, -0.2) is 22.6 Å². The first kappa shape index (κ1) is 19.7. The molecule has 1 aromatic heterocycles. The lowest BCUT2D eigenvalue weighted by Crippen LogP contribution is -2.32. The van der Waals surface area contributed by atoms with E-state index in [4.69, 9.17) is 0 Å². The molecule has 9 heteroatoms. The fourth-order valence-electron chi connectivity index (χ4n) is 3.43. The molecule has 0 bridgehead atoms. The standard InChI is InChI=1S/C18H19F3N4O.ClH/c19-18(20,21)12-3-1-2-11(8-12)15(10-4-5-10)23-17(26)16-13-9-22-7-6-14(13)24-25-16;/h1-3,8,10,15,22H,4-7,9H2,(H,23,26)(H,24,25);1H. The number of nitrogens with zero attached hydrogens (tertiary/aromatic N) is 1. The number of hydrogen-bond donors (Lipinski definition) is 3. The number of carbonyl (C=O) groups excluding carboxylic acids is 1. The fraction of sp³-hybridized carbons (Fsp3) is 0.444. The van der Waals surface area contributed by atoms with E-state index < -0.39 is 17.8 Å². The summed E-state index contributed by atoms with van der Waals surface area (Å²) >= 11 is 0. The van der Waals surface area contributed by atoms with Crippen LogP contribution in [0.1, 0.15) is 51.8 Å². The molecule has 27 heavy (non-hydrogen) atoms. The lowest BCUT2D eigenvalue weighted by Gasteiger charge is -2.20. The molecule has 5 nitrogen and oxygen atoms in total. The number of hydrogen-bond acceptors (Lipinski definition) is 3. The average molecular weight is 401 g/mol. The molecule has 2 aromatic rings. The third kappa shape index (κ3) is 4.11. The number of carbonyl (C=O) groups is 1. The Labute approximate surface area is 160 Å². The number of aromatic amines is 1. The highest BCUT2D eigenvalue weighted by molar-refractivity contribution is 5.94. The van der Waals surface area contributed by atoms with Gasteiger partial charge in [0.25, 0.3) is 5.91 Å². The summed E-state index contributed by atoms with van der Waals surface area (Å²) in [5.41, 5.74) is 1.89. The van der Waals surface area contributed by atoms with Crippen LogP contribution < -0.4 is 10.6 Å². The van der Waals surface area contributed by atoms with Gasteiger partial charge in [0.15, 0.2) is 5.69 Å². The molecule has 146 valence electrons. The molecule has 1 amide bonds. The summed E-state index contributed by atoms with van der Waals surface area (Å²) in [4.78, 5) is 12.7. The van der Waals surface area contributed by atoms with Crippen LogP contribution in [0.4, 0.5) is 13.2 Å². The smallest absolute Gasteiger partial charge is 0.344 e. The van der Waals surface area contributed by atoms with Crippen LogP contribution in [0.3, 0.4) is 0 Å². The van der Waals surface area contributed by atoms with Gasteiger partial charge in [0.05, 0.1) is 11.6 Å². The van der Waals surface area contributed by atoms with Gasteiger partial charge in [-0.1, -0.05) is 12.1 Å². The Morgan fingerprint density at radius 1 is 1.30 bits per heavy atom. The van der Waals surface area contributed by atoms with Crippen LogP contribution in [-0.2, 0) is 19.1 Å². The van der Waals surface area contributed by atoms with Crippen molar-refractivity contribution >= 4 is 18.3 Å². The number of H-pyrrole nitrogens is 1. The molecule has 4 rings (SSSR count). The second-order valence-corrected chi connectivity index (χ2v) is 6.87. The third-order valence-corrected chi connectivity index (χ3v) is 4.97. The maximum Gasteiger partial charge on any atom is 0.416 e. The summed E-state index contributed by atoms with van der Waals surface area (Å²) in [6.45, 7) is 1.39. The second kappa shape index (κ2) is 7.52. The molecule has 0 saturated heterocycles. The van der Waals surface area contributed by atoms with E-state index in [1.54, 1.807) is 6.07 Å². The Kier molecular flexibility index (Phi) is 5.48. The molecule has 1 aliphatic carbocycles. The summed E-state index contributed by atoms with van der Waals surface area (Å²) in [6, 6.07) is 4.77. The lowest BCUT2D eigenvalue weighted by molar-refractivity contribution is -0.137. The monoisotopic (exact) mass is 400 g/mol. The zero-order valence-corrected chi connectivity index (χ0v) is 15.2. The van der Waals surface area contributed by atoms with E-state index in [0.717, 1.165) is 49.2 Å². The molecule has 1 fully saturated rings. The van der Waals surface area contributed by atoms with E-state index in [1.807, 2.05) is 0 Å². The van der Waals surface area contributed by atoms with Crippen molar-refractivity contribution < 1.29 is 18.0 Å². The van der Waals surface area contributed by atoms with Crippen LogP contribution in [0.15, 0.2) is 24.3 Å². The molecule has 2 aliphatic rings. The van der Waals surface area contributed by atoms with Gasteiger partial charge in [0.1, 0.15) is 0 Å². The Morgan fingerprint density at radius 3 is 2.78 bits per heavy atom. The van der Waals surface area contributed by atoms with Crippen LogP contribution in [0.25, 0.3) is 0 Å². The van der Waals surface area contributed by atoms with Crippen molar-refractivity contribution in [3.63, 3.8) is 0 Å². The van der Waals surface area contributed by atoms with Gasteiger partial charge < -0.3 is 10.6 Å². The third-order valence-electron chi connectivity index (χ3n) is 4.97. The first-order chi connectivity index (χ1) is 12.4. The minimum atomic E-state index is -4.40. The number of nitrogens with one attached hydrogen (secondary N) is 3. The minimum Gasteiger partial charge on any atom is -0.344 e. The van der Waals surface area contributed by atoms with Crippen LogP contribution in [0.5, 0.6) is 0 Å². The zero-order chi connectivity index (χ0) is 18.3. The molecule has 2 heterocycles. The highest BCUT2D eigenvalue weighted by Gasteiger charge is 2.37. The van der Waals surface area contributed by atoms with Crippen molar-refractivity contribution in [3.8, 4) is 0 Å². The van der Waals surface area contributed by atoms with Gasteiger partial charge in [0, 0.05) is 30.8 Å². The highest BCUT2D eigenvalue weighted by Crippen LogP contribution is 2.42. The lowest BCUT2D eigenvalue weighted by atomic mass is 9.99. The predicted octanol–water partition coefficient (Wildman–Crippen LogP) is 3.38. The van der Waals surface area contributed by atoms with E-state index in [2.05, 4.69) is 20.8 Å². The fourth-order valence-corrected chi connectivity index (χ4v) is 3.43. The molecular weight excluding hydrogens is 381 g/mol. The van der Waals surface area contributed by atoms with Gasteiger partial charge in [-0.05, 0) is 36.5 Å². The maximum atomic E-state index is 13.0. The zero-order valence-electron chi connectivity index (χ0n) is 14.4. The van der Waals surface area contributed by atoms with Crippen LogP contribution >= 0.6 is 12.4 Å². The Bertz CT molecular complexity index is 832. The number of fused-ring (bicyclic) bond motifs is 1. The summed E-state index contributed by atoms with van der Waals surface area (Å²) < 4.78 is 39.0. The summed E-state index contributed by atoms with van der Waals surface area (Å²) in [7, 11) is 0. The molecule has 0 radical (unpaired) electrons. The first-order valence-corrected chi connectivity index (χ1v) is 8.68.